The van der Waals surface area contributed by atoms with E-state index in [1.54, 1.807) is 0 Å². The summed E-state index contributed by atoms with van der Waals surface area (Å²) in [6.45, 7) is 2.11. The van der Waals surface area contributed by atoms with Crippen molar-refractivity contribution in [2.24, 2.45) is 0 Å². The summed E-state index contributed by atoms with van der Waals surface area (Å²) in [5.41, 5.74) is 0. The standard InChI is InChI=1S/C4H9.Al.O/c1-3-4-2;;/h1,3-4H2,2H3;;. The van der Waals surface area contributed by atoms with Gasteiger partial charge in [0.1, 0.15) is 0 Å². The second-order valence-corrected chi connectivity index (χ2v) is 2.22. The summed E-state index contributed by atoms with van der Waals surface area (Å²) < 4.78 is 9.77. The number of hydrogen-bond donors (Lipinski definition) is 0. The molecule has 0 amide bonds. The van der Waals surface area contributed by atoms with Gasteiger partial charge in [-0.05, 0) is 0 Å². The Balaban J connectivity index is 2.49. The van der Waals surface area contributed by atoms with E-state index in [1.807, 2.05) is 0 Å². The van der Waals surface area contributed by atoms with Crippen LogP contribution in [0.1, 0.15) is 19.8 Å². The molecule has 0 aromatic carbocycles. The Bertz CT molecular complexity index is 36.5. The van der Waals surface area contributed by atoms with Crippen LogP contribution in [0.5, 0.6) is 0 Å². The predicted octanol–water partition coefficient (Wildman–Crippen LogP) is 1.25. The fraction of sp³-hybridized carbons (Fsp3) is 1.00. The molecule has 0 saturated heterocycles. The minimum absolute atomic E-state index is 0.466. The van der Waals surface area contributed by atoms with Gasteiger partial charge in [-0.2, -0.15) is 0 Å². The molecule has 0 unspecified atom stereocenters. The second-order valence-electron chi connectivity index (χ2n) is 1.31. The predicted molar refractivity (Wildman–Crippen MR) is 26.2 cm³/mol. The van der Waals surface area contributed by atoms with Crippen molar-refractivity contribution in [1.29, 1.82) is 0 Å². The summed E-state index contributed by atoms with van der Waals surface area (Å²) in [6, 6.07) is 0. The van der Waals surface area contributed by atoms with Crippen LogP contribution in [0.25, 0.3) is 0 Å². The van der Waals surface area contributed by atoms with Crippen molar-refractivity contribution in [1.82, 2.24) is 0 Å². The van der Waals surface area contributed by atoms with E-state index in [4.69, 9.17) is 0 Å². The molecule has 2 heteroatoms. The Hall–Kier alpha value is 0.332. The normalized spacial score (nSPS) is 7.50. The Morgan fingerprint density at radius 2 is 2.33 bits per heavy atom. The molecule has 0 fully saturated rings. The van der Waals surface area contributed by atoms with Crippen LogP contribution >= 0.6 is 0 Å². The van der Waals surface area contributed by atoms with Crippen LogP contribution in [0.15, 0.2) is 0 Å². The molecular weight excluding hydrogens is 91.0 g/mol. The molecule has 0 spiro atoms. The SMILES string of the molecule is CCC[CH2][Al]=[O]. The van der Waals surface area contributed by atoms with Crippen molar-refractivity contribution >= 4 is 15.2 Å². The van der Waals surface area contributed by atoms with E-state index in [-0.39, 0.29) is 0 Å². The van der Waals surface area contributed by atoms with E-state index in [1.165, 1.54) is 6.42 Å². The molecule has 0 heterocycles. The maximum atomic E-state index is 9.77. The maximum absolute atomic E-state index is 9.77. The van der Waals surface area contributed by atoms with Crippen molar-refractivity contribution in [2.75, 3.05) is 0 Å². The Morgan fingerprint density at radius 3 is 2.50 bits per heavy atom. The number of unbranched alkanes of at least 4 members (excludes halogenated alkanes) is 1. The molecule has 0 aliphatic carbocycles. The summed E-state index contributed by atoms with van der Waals surface area (Å²) in [5.74, 6) is 0. The molecule has 0 N–H and O–H groups in total. The minimum atomic E-state index is -0.466. The molecule has 1 nitrogen and oxygen atoms in total. The quantitative estimate of drug-likeness (QED) is 0.385. The van der Waals surface area contributed by atoms with Gasteiger partial charge in [0.05, 0.1) is 0 Å². The van der Waals surface area contributed by atoms with E-state index in [9.17, 15) is 3.80 Å². The molecular formula is C4H9AlO. The summed E-state index contributed by atoms with van der Waals surface area (Å²) >= 11 is -0.466. The number of hydrogen-bond acceptors (Lipinski definition) is 1. The summed E-state index contributed by atoms with van der Waals surface area (Å²) in [7, 11) is 0. The van der Waals surface area contributed by atoms with Crippen LogP contribution in [-0.4, -0.2) is 15.2 Å². The fourth-order valence-electron chi connectivity index (χ4n) is 0.287. The van der Waals surface area contributed by atoms with Gasteiger partial charge in [0.25, 0.3) is 0 Å². The first-order valence-corrected chi connectivity index (χ1v) is 3.64. The molecule has 0 aliphatic heterocycles. The van der Waals surface area contributed by atoms with Crippen LogP contribution in [0.2, 0.25) is 5.28 Å². The van der Waals surface area contributed by atoms with Crippen LogP contribution < -0.4 is 0 Å². The van der Waals surface area contributed by atoms with E-state index in [0.717, 1.165) is 11.7 Å². The third-order valence-electron chi connectivity index (χ3n) is 0.676. The van der Waals surface area contributed by atoms with E-state index in [2.05, 4.69) is 6.92 Å². The zero-order chi connectivity index (χ0) is 4.83. The van der Waals surface area contributed by atoms with E-state index in [0.29, 0.717) is 0 Å². The van der Waals surface area contributed by atoms with Crippen LogP contribution in [-0.2, 0) is 3.80 Å². The van der Waals surface area contributed by atoms with Gasteiger partial charge in [0.2, 0.25) is 0 Å². The van der Waals surface area contributed by atoms with Gasteiger partial charge in [0, 0.05) is 0 Å². The molecule has 0 radical (unpaired) electrons. The van der Waals surface area contributed by atoms with Crippen molar-refractivity contribution in [2.45, 2.75) is 25.0 Å². The van der Waals surface area contributed by atoms with Gasteiger partial charge < -0.3 is 0 Å². The summed E-state index contributed by atoms with van der Waals surface area (Å²) in [6.07, 6.45) is 2.31. The molecule has 0 aliphatic rings. The van der Waals surface area contributed by atoms with Crippen LogP contribution in [0.4, 0.5) is 0 Å². The first kappa shape index (κ1) is 6.33. The van der Waals surface area contributed by atoms with Crippen molar-refractivity contribution in [3.63, 3.8) is 0 Å². The first-order valence-electron chi connectivity index (χ1n) is 2.35. The van der Waals surface area contributed by atoms with Crippen molar-refractivity contribution in [3.8, 4) is 0 Å². The molecule has 0 aromatic heterocycles. The fourth-order valence-corrected chi connectivity index (χ4v) is 0.862. The van der Waals surface area contributed by atoms with E-state index >= 15 is 0 Å². The molecule has 0 saturated carbocycles. The molecule has 0 atom stereocenters. The van der Waals surface area contributed by atoms with Crippen LogP contribution in [0.3, 0.4) is 0 Å². The van der Waals surface area contributed by atoms with Gasteiger partial charge >= 0.3 is 44.0 Å². The zero-order valence-corrected chi connectivity index (χ0v) is 5.26. The van der Waals surface area contributed by atoms with Gasteiger partial charge in [-0.15, -0.1) is 0 Å². The van der Waals surface area contributed by atoms with E-state index < -0.39 is 15.2 Å². The zero-order valence-electron chi connectivity index (χ0n) is 4.11. The number of rotatable bonds is 3. The summed E-state index contributed by atoms with van der Waals surface area (Å²) in [5, 5.41) is 0.941. The second kappa shape index (κ2) is 5.33. The van der Waals surface area contributed by atoms with Gasteiger partial charge in [0.15, 0.2) is 0 Å². The van der Waals surface area contributed by atoms with Gasteiger partial charge in [-0.1, -0.05) is 0 Å². The molecule has 34 valence electrons. The van der Waals surface area contributed by atoms with Crippen LogP contribution in [0, 0.1) is 0 Å². The molecule has 6 heavy (non-hydrogen) atoms. The Morgan fingerprint density at radius 1 is 1.67 bits per heavy atom. The average molecular weight is 100 g/mol. The average Bonchev–Trinajstić information content (AvgIpc) is 1.61. The van der Waals surface area contributed by atoms with Gasteiger partial charge in [-0.3, -0.25) is 0 Å². The van der Waals surface area contributed by atoms with Gasteiger partial charge in [-0.25, -0.2) is 0 Å². The van der Waals surface area contributed by atoms with Crippen molar-refractivity contribution in [3.05, 3.63) is 0 Å². The summed E-state index contributed by atoms with van der Waals surface area (Å²) in [4.78, 5) is 0. The molecule has 0 rings (SSSR count). The molecule has 0 bridgehead atoms. The Kier molecular flexibility index (Phi) is 5.63. The molecule has 0 aromatic rings. The monoisotopic (exact) mass is 100 g/mol. The topological polar surface area (TPSA) is 17.1 Å². The van der Waals surface area contributed by atoms with Crippen molar-refractivity contribution < 1.29 is 3.80 Å². The first-order chi connectivity index (χ1) is 2.91. The Labute approximate surface area is 44.7 Å². The third kappa shape index (κ3) is 4.33. The third-order valence-corrected chi connectivity index (χ3v) is 1.32.